The zero-order valence-corrected chi connectivity index (χ0v) is 10.9. The quantitative estimate of drug-likeness (QED) is 0.847. The number of phenolic OH excluding ortho intramolecular Hbond substituents is 1. The smallest absolute Gasteiger partial charge is 0.140 e. The van der Waals surface area contributed by atoms with Gasteiger partial charge in [-0.3, -0.25) is 0 Å². The van der Waals surface area contributed by atoms with Crippen LogP contribution in [0, 0.1) is 0 Å². The summed E-state index contributed by atoms with van der Waals surface area (Å²) in [5, 5.41) is 9.58. The van der Waals surface area contributed by atoms with Crippen LogP contribution in [0.1, 0.15) is 25.7 Å². The van der Waals surface area contributed by atoms with Crippen molar-refractivity contribution < 1.29 is 5.11 Å². The van der Waals surface area contributed by atoms with Gasteiger partial charge in [0.05, 0.1) is 0 Å². The van der Waals surface area contributed by atoms with Crippen molar-refractivity contribution in [2.75, 3.05) is 0 Å². The number of aromatic nitrogens is 2. The lowest BCUT2D eigenvalue weighted by Gasteiger charge is -2.15. The van der Waals surface area contributed by atoms with Crippen molar-refractivity contribution in [2.45, 2.75) is 32.2 Å². The summed E-state index contributed by atoms with van der Waals surface area (Å²) >= 11 is 0. The van der Waals surface area contributed by atoms with Gasteiger partial charge in [-0.25, -0.2) is 4.98 Å². The number of imidazole rings is 1. The van der Waals surface area contributed by atoms with Gasteiger partial charge >= 0.3 is 0 Å². The fourth-order valence-electron chi connectivity index (χ4n) is 2.61. The molecule has 1 aliphatic carbocycles. The Bertz CT molecular complexity index is 598. The Kier molecular flexibility index (Phi) is 3.36. The molecule has 0 aliphatic heterocycles. The van der Waals surface area contributed by atoms with Crippen LogP contribution in [-0.4, -0.2) is 14.7 Å². The second kappa shape index (κ2) is 5.31. The Morgan fingerprint density at radius 1 is 1.26 bits per heavy atom. The molecule has 1 heterocycles. The molecule has 0 radical (unpaired) electrons. The molecule has 0 bridgehead atoms. The largest absolute Gasteiger partial charge is 0.508 e. The van der Waals surface area contributed by atoms with Crippen LogP contribution in [0.2, 0.25) is 0 Å². The van der Waals surface area contributed by atoms with E-state index < -0.39 is 0 Å². The first-order chi connectivity index (χ1) is 9.33. The van der Waals surface area contributed by atoms with Gasteiger partial charge in [0.1, 0.15) is 11.6 Å². The topological polar surface area (TPSA) is 38.1 Å². The van der Waals surface area contributed by atoms with Gasteiger partial charge in [0, 0.05) is 24.5 Å². The van der Waals surface area contributed by atoms with Crippen LogP contribution in [-0.2, 0) is 6.54 Å². The van der Waals surface area contributed by atoms with Crippen LogP contribution in [0.4, 0.5) is 0 Å². The second-order valence-electron chi connectivity index (χ2n) is 5.04. The van der Waals surface area contributed by atoms with Crippen molar-refractivity contribution in [3.05, 3.63) is 48.3 Å². The van der Waals surface area contributed by atoms with Gasteiger partial charge in [-0.2, -0.15) is 0 Å². The molecular weight excluding hydrogens is 236 g/mol. The number of phenols is 1. The van der Waals surface area contributed by atoms with Gasteiger partial charge in [0.2, 0.25) is 0 Å². The molecule has 2 aromatic rings. The number of hydrogen-bond donors (Lipinski definition) is 1. The molecule has 3 nitrogen and oxygen atoms in total. The van der Waals surface area contributed by atoms with Gasteiger partial charge in [0.15, 0.2) is 0 Å². The Morgan fingerprint density at radius 3 is 3.00 bits per heavy atom. The average molecular weight is 254 g/mol. The van der Waals surface area contributed by atoms with Crippen LogP contribution >= 0.6 is 0 Å². The van der Waals surface area contributed by atoms with E-state index in [0.29, 0.717) is 0 Å². The lowest BCUT2D eigenvalue weighted by Crippen LogP contribution is -2.04. The fourth-order valence-corrected chi connectivity index (χ4v) is 2.61. The molecule has 0 fully saturated rings. The number of nitrogens with zero attached hydrogens (tertiary/aromatic N) is 2. The van der Waals surface area contributed by atoms with E-state index in [9.17, 15) is 5.11 Å². The molecule has 3 rings (SSSR count). The fraction of sp³-hybridized carbons (Fsp3) is 0.312. The number of aromatic hydroxyl groups is 1. The predicted molar refractivity (Wildman–Crippen MR) is 75.9 cm³/mol. The zero-order chi connectivity index (χ0) is 13.1. The Morgan fingerprint density at radius 2 is 2.21 bits per heavy atom. The summed E-state index contributed by atoms with van der Waals surface area (Å²) in [7, 11) is 0. The van der Waals surface area contributed by atoms with E-state index in [4.69, 9.17) is 0 Å². The van der Waals surface area contributed by atoms with E-state index in [-0.39, 0.29) is 5.75 Å². The molecule has 1 aromatic carbocycles. The third-order valence-corrected chi connectivity index (χ3v) is 3.58. The van der Waals surface area contributed by atoms with E-state index in [1.165, 1.54) is 31.3 Å². The Labute approximate surface area is 113 Å². The highest BCUT2D eigenvalue weighted by Gasteiger charge is 2.09. The minimum absolute atomic E-state index is 0.281. The van der Waals surface area contributed by atoms with Crippen molar-refractivity contribution in [3.8, 4) is 17.1 Å². The molecule has 0 unspecified atom stereocenters. The normalized spacial score (nSPS) is 15.3. The summed E-state index contributed by atoms with van der Waals surface area (Å²) in [6.45, 7) is 0.908. The van der Waals surface area contributed by atoms with Crippen LogP contribution in [0.15, 0.2) is 48.3 Å². The molecule has 0 amide bonds. The van der Waals surface area contributed by atoms with Crippen molar-refractivity contribution in [1.82, 2.24) is 9.55 Å². The van der Waals surface area contributed by atoms with Crippen LogP contribution in [0.5, 0.6) is 5.75 Å². The van der Waals surface area contributed by atoms with Gasteiger partial charge in [-0.05, 0) is 37.8 Å². The molecule has 0 spiro atoms. The van der Waals surface area contributed by atoms with Crippen molar-refractivity contribution in [2.24, 2.45) is 0 Å². The highest BCUT2D eigenvalue weighted by molar-refractivity contribution is 5.58. The van der Waals surface area contributed by atoms with Crippen molar-refractivity contribution in [3.63, 3.8) is 0 Å². The van der Waals surface area contributed by atoms with E-state index >= 15 is 0 Å². The summed E-state index contributed by atoms with van der Waals surface area (Å²) in [5.41, 5.74) is 2.45. The SMILES string of the molecule is Oc1cccc(-c2nccn2CC2=CCCCC2)c1. The molecule has 1 aliphatic rings. The van der Waals surface area contributed by atoms with E-state index in [2.05, 4.69) is 15.6 Å². The molecule has 98 valence electrons. The monoisotopic (exact) mass is 254 g/mol. The van der Waals surface area contributed by atoms with Crippen molar-refractivity contribution >= 4 is 0 Å². The summed E-state index contributed by atoms with van der Waals surface area (Å²) in [5.74, 6) is 1.20. The van der Waals surface area contributed by atoms with Gasteiger partial charge in [-0.1, -0.05) is 23.8 Å². The first-order valence-corrected chi connectivity index (χ1v) is 6.81. The average Bonchev–Trinajstić information content (AvgIpc) is 2.88. The second-order valence-corrected chi connectivity index (χ2v) is 5.04. The highest BCUT2D eigenvalue weighted by atomic mass is 16.3. The molecule has 0 saturated carbocycles. The maximum absolute atomic E-state index is 9.58. The third kappa shape index (κ3) is 2.70. The van der Waals surface area contributed by atoms with Crippen molar-refractivity contribution in [1.29, 1.82) is 0 Å². The first kappa shape index (κ1) is 12.0. The minimum Gasteiger partial charge on any atom is -0.508 e. The Balaban J connectivity index is 1.88. The van der Waals surface area contributed by atoms with Gasteiger partial charge in [0.25, 0.3) is 0 Å². The number of hydrogen-bond acceptors (Lipinski definition) is 2. The van der Waals surface area contributed by atoms with E-state index in [1.807, 2.05) is 24.5 Å². The number of benzene rings is 1. The van der Waals surface area contributed by atoms with Gasteiger partial charge in [-0.15, -0.1) is 0 Å². The summed E-state index contributed by atoms with van der Waals surface area (Å²) in [4.78, 5) is 4.42. The van der Waals surface area contributed by atoms with Crippen LogP contribution < -0.4 is 0 Å². The van der Waals surface area contributed by atoms with Gasteiger partial charge < -0.3 is 9.67 Å². The number of allylic oxidation sites excluding steroid dienone is 2. The minimum atomic E-state index is 0.281. The van der Waals surface area contributed by atoms with E-state index in [1.54, 1.807) is 12.1 Å². The van der Waals surface area contributed by atoms with Crippen LogP contribution in [0.3, 0.4) is 0 Å². The molecule has 0 atom stereocenters. The molecule has 1 N–H and O–H groups in total. The molecular formula is C16H18N2O. The molecule has 0 saturated heterocycles. The summed E-state index contributed by atoms with van der Waals surface area (Å²) in [6, 6.07) is 7.27. The zero-order valence-electron chi connectivity index (χ0n) is 10.9. The number of rotatable bonds is 3. The van der Waals surface area contributed by atoms with Crippen LogP contribution in [0.25, 0.3) is 11.4 Å². The first-order valence-electron chi connectivity index (χ1n) is 6.81. The van der Waals surface area contributed by atoms with E-state index in [0.717, 1.165) is 17.9 Å². The molecule has 1 aromatic heterocycles. The predicted octanol–water partition coefficient (Wildman–Crippen LogP) is 3.76. The maximum atomic E-state index is 9.58. The molecule has 19 heavy (non-hydrogen) atoms. The summed E-state index contributed by atoms with van der Waals surface area (Å²) < 4.78 is 2.16. The maximum Gasteiger partial charge on any atom is 0.140 e. The standard InChI is InChI=1S/C16H18N2O/c19-15-8-4-7-14(11-15)16-17-9-10-18(16)12-13-5-2-1-3-6-13/h4-5,7-11,19H,1-3,6,12H2. The lowest BCUT2D eigenvalue weighted by atomic mass is 9.99. The highest BCUT2D eigenvalue weighted by Crippen LogP contribution is 2.24. The molecule has 3 heteroatoms. The lowest BCUT2D eigenvalue weighted by molar-refractivity contribution is 0.475. The summed E-state index contributed by atoms with van der Waals surface area (Å²) in [6.07, 6.45) is 11.2. The third-order valence-electron chi connectivity index (χ3n) is 3.58. The Hall–Kier alpha value is -2.03.